The first-order valence-electron chi connectivity index (χ1n) is 11.4. The summed E-state index contributed by atoms with van der Waals surface area (Å²) >= 11 is 1.26. The molecule has 3 N–H and O–H groups in total. The SMILES string of the molecule is COC(=O)C1=C(C)N=C(C)C(C(=O)OC)C1c1ccccc1Nc1nc(-c2ccccc2S(N)(=O)=O)cs1. The Bertz CT molecular complexity index is 1580. The minimum atomic E-state index is -3.96. The second-order valence-corrected chi connectivity index (χ2v) is 10.9. The van der Waals surface area contributed by atoms with Gasteiger partial charge in [-0.3, -0.25) is 9.79 Å². The lowest BCUT2D eigenvalue weighted by Gasteiger charge is -2.32. The molecule has 2 aromatic carbocycles. The van der Waals surface area contributed by atoms with Crippen LogP contribution in [-0.4, -0.2) is 45.3 Å². The molecule has 1 aliphatic heterocycles. The van der Waals surface area contributed by atoms with Gasteiger partial charge in [0.2, 0.25) is 10.0 Å². The van der Waals surface area contributed by atoms with Crippen molar-refractivity contribution in [3.8, 4) is 11.3 Å². The van der Waals surface area contributed by atoms with E-state index in [-0.39, 0.29) is 10.5 Å². The number of rotatable bonds is 7. The quantitative estimate of drug-likeness (QED) is 0.416. The molecular formula is C26H26N4O6S2. The number of thiazole rings is 1. The summed E-state index contributed by atoms with van der Waals surface area (Å²) in [5.41, 5.74) is 3.25. The predicted octanol–water partition coefficient (Wildman–Crippen LogP) is 4.00. The van der Waals surface area contributed by atoms with Crippen LogP contribution in [0.15, 0.2) is 75.1 Å². The number of benzene rings is 2. The van der Waals surface area contributed by atoms with E-state index in [0.29, 0.717) is 39.0 Å². The number of carbonyl (C=O) groups excluding carboxylic acids is 2. The highest BCUT2D eigenvalue weighted by Gasteiger charge is 2.43. The Morgan fingerprint density at radius 3 is 2.39 bits per heavy atom. The molecule has 2 atom stereocenters. The summed E-state index contributed by atoms with van der Waals surface area (Å²) in [6.07, 6.45) is 0. The largest absolute Gasteiger partial charge is 0.468 e. The Kier molecular flexibility index (Phi) is 7.76. The Morgan fingerprint density at radius 1 is 1.03 bits per heavy atom. The summed E-state index contributed by atoms with van der Waals surface area (Å²) in [5, 5.41) is 10.8. The summed E-state index contributed by atoms with van der Waals surface area (Å²) in [7, 11) is -1.39. The molecule has 0 spiro atoms. The summed E-state index contributed by atoms with van der Waals surface area (Å²) in [4.78, 5) is 34.8. The van der Waals surface area contributed by atoms with E-state index in [1.54, 1.807) is 49.6 Å². The van der Waals surface area contributed by atoms with Gasteiger partial charge in [-0.15, -0.1) is 11.3 Å². The number of nitrogens with zero attached hydrogens (tertiary/aromatic N) is 2. The third kappa shape index (κ3) is 5.23. The van der Waals surface area contributed by atoms with Gasteiger partial charge in [-0.05, 0) is 31.5 Å². The summed E-state index contributed by atoms with van der Waals surface area (Å²) < 4.78 is 34.3. The van der Waals surface area contributed by atoms with E-state index < -0.39 is 33.8 Å². The van der Waals surface area contributed by atoms with Gasteiger partial charge in [0.15, 0.2) is 5.13 Å². The smallest absolute Gasteiger partial charge is 0.336 e. The highest BCUT2D eigenvalue weighted by molar-refractivity contribution is 7.89. The van der Waals surface area contributed by atoms with E-state index in [0.717, 1.165) is 0 Å². The number of primary sulfonamides is 1. The number of sulfonamides is 1. The fourth-order valence-corrected chi connectivity index (χ4v) is 6.03. The number of nitrogens with one attached hydrogen (secondary N) is 1. The monoisotopic (exact) mass is 554 g/mol. The first-order chi connectivity index (χ1) is 18.1. The molecule has 2 heterocycles. The second-order valence-electron chi connectivity index (χ2n) is 8.51. The molecule has 0 fully saturated rings. The van der Waals surface area contributed by atoms with E-state index in [4.69, 9.17) is 14.6 Å². The van der Waals surface area contributed by atoms with Crippen molar-refractivity contribution in [2.75, 3.05) is 19.5 Å². The van der Waals surface area contributed by atoms with Gasteiger partial charge in [0.1, 0.15) is 5.92 Å². The number of hydrogen-bond acceptors (Lipinski definition) is 10. The highest BCUT2D eigenvalue weighted by atomic mass is 32.2. The number of methoxy groups -OCH3 is 2. The van der Waals surface area contributed by atoms with Crippen molar-refractivity contribution in [1.82, 2.24) is 4.98 Å². The molecule has 1 aliphatic rings. The normalized spacial score (nSPS) is 17.6. The molecule has 198 valence electrons. The topological polar surface area (TPSA) is 150 Å². The average Bonchev–Trinajstić information content (AvgIpc) is 3.35. The molecule has 0 amide bonds. The van der Waals surface area contributed by atoms with Crippen molar-refractivity contribution in [2.45, 2.75) is 24.7 Å². The first kappa shape index (κ1) is 27.2. The van der Waals surface area contributed by atoms with E-state index in [2.05, 4.69) is 15.3 Å². The molecule has 4 rings (SSSR count). The fraction of sp³-hybridized carbons (Fsp3) is 0.231. The number of ether oxygens (including phenoxy) is 2. The van der Waals surface area contributed by atoms with Gasteiger partial charge in [0, 0.05) is 34.0 Å². The zero-order chi connectivity index (χ0) is 27.6. The first-order valence-corrected chi connectivity index (χ1v) is 13.8. The van der Waals surface area contributed by atoms with Gasteiger partial charge in [-0.25, -0.2) is 23.3 Å². The fourth-order valence-electron chi connectivity index (χ4n) is 4.56. The van der Waals surface area contributed by atoms with Gasteiger partial charge in [-0.1, -0.05) is 36.4 Å². The van der Waals surface area contributed by atoms with Gasteiger partial charge < -0.3 is 14.8 Å². The maximum absolute atomic E-state index is 12.9. The maximum atomic E-state index is 12.9. The zero-order valence-corrected chi connectivity index (χ0v) is 22.7. The van der Waals surface area contributed by atoms with Crippen molar-refractivity contribution in [2.24, 2.45) is 16.0 Å². The van der Waals surface area contributed by atoms with E-state index in [9.17, 15) is 18.0 Å². The van der Waals surface area contributed by atoms with Crippen LogP contribution in [0.2, 0.25) is 0 Å². The number of para-hydroxylation sites is 1. The van der Waals surface area contributed by atoms with E-state index in [1.807, 2.05) is 12.1 Å². The predicted molar refractivity (Wildman–Crippen MR) is 145 cm³/mol. The molecule has 12 heteroatoms. The Hall–Kier alpha value is -3.87. The Balaban J connectivity index is 1.79. The number of allylic oxidation sites excluding steroid dienone is 1. The van der Waals surface area contributed by atoms with Crippen molar-refractivity contribution < 1.29 is 27.5 Å². The molecular weight excluding hydrogens is 528 g/mol. The molecule has 0 bridgehead atoms. The van der Waals surface area contributed by atoms with Crippen LogP contribution in [0, 0.1) is 5.92 Å². The summed E-state index contributed by atoms with van der Waals surface area (Å²) in [6.45, 7) is 3.42. The minimum absolute atomic E-state index is 0.0292. The van der Waals surface area contributed by atoms with Crippen molar-refractivity contribution in [3.63, 3.8) is 0 Å². The van der Waals surface area contributed by atoms with Crippen molar-refractivity contribution in [1.29, 1.82) is 0 Å². The van der Waals surface area contributed by atoms with Gasteiger partial charge in [0.05, 0.1) is 30.4 Å². The lowest BCUT2D eigenvalue weighted by atomic mass is 9.75. The number of nitrogens with two attached hydrogens (primary N) is 1. The molecule has 10 nitrogen and oxygen atoms in total. The standard InChI is InChI=1S/C26H26N4O6S2/c1-14-21(24(31)35-3)23(22(15(2)28-14)25(32)36-4)17-10-5-7-11-18(17)29-26-30-19(13-37-26)16-9-6-8-12-20(16)38(27,33)34/h5-13,21,23H,1-4H3,(H,29,30)(H2,27,33,34). The van der Waals surface area contributed by atoms with Crippen LogP contribution in [0.3, 0.4) is 0 Å². The number of aromatic nitrogens is 1. The molecule has 0 aliphatic carbocycles. The molecule has 0 radical (unpaired) electrons. The number of aliphatic imine (C=N–C) groups is 1. The van der Waals surface area contributed by atoms with Crippen LogP contribution < -0.4 is 10.5 Å². The molecule has 0 saturated heterocycles. The Morgan fingerprint density at radius 2 is 1.71 bits per heavy atom. The number of esters is 2. The number of anilines is 2. The summed E-state index contributed by atoms with van der Waals surface area (Å²) in [6, 6.07) is 13.6. The molecule has 0 saturated carbocycles. The van der Waals surface area contributed by atoms with Crippen LogP contribution >= 0.6 is 11.3 Å². The maximum Gasteiger partial charge on any atom is 0.336 e. The van der Waals surface area contributed by atoms with Crippen LogP contribution in [-0.2, 0) is 29.1 Å². The van der Waals surface area contributed by atoms with Crippen molar-refractivity contribution in [3.05, 3.63) is 70.7 Å². The lowest BCUT2D eigenvalue weighted by molar-refractivity contribution is -0.143. The number of hydrogen-bond donors (Lipinski definition) is 2. The third-order valence-electron chi connectivity index (χ3n) is 6.20. The van der Waals surface area contributed by atoms with E-state index in [1.165, 1.54) is 31.6 Å². The molecule has 38 heavy (non-hydrogen) atoms. The average molecular weight is 555 g/mol. The van der Waals surface area contributed by atoms with Gasteiger partial charge >= 0.3 is 11.9 Å². The van der Waals surface area contributed by atoms with Gasteiger partial charge in [-0.2, -0.15) is 0 Å². The van der Waals surface area contributed by atoms with Crippen LogP contribution in [0.25, 0.3) is 11.3 Å². The van der Waals surface area contributed by atoms with Gasteiger partial charge in [0.25, 0.3) is 0 Å². The summed E-state index contributed by atoms with van der Waals surface area (Å²) in [5.74, 6) is -2.72. The third-order valence-corrected chi connectivity index (χ3v) is 7.93. The highest BCUT2D eigenvalue weighted by Crippen LogP contribution is 2.43. The Labute approximate surface area is 224 Å². The second kappa shape index (κ2) is 10.9. The van der Waals surface area contributed by atoms with Crippen molar-refractivity contribution >= 4 is 49.8 Å². The molecule has 1 aromatic heterocycles. The lowest BCUT2D eigenvalue weighted by Crippen LogP contribution is -2.36. The molecule has 3 aromatic rings. The molecule has 2 unspecified atom stereocenters. The van der Waals surface area contributed by atoms with Crippen LogP contribution in [0.4, 0.5) is 10.8 Å². The minimum Gasteiger partial charge on any atom is -0.468 e. The van der Waals surface area contributed by atoms with Crippen LogP contribution in [0.5, 0.6) is 0 Å². The van der Waals surface area contributed by atoms with Crippen LogP contribution in [0.1, 0.15) is 25.3 Å². The zero-order valence-electron chi connectivity index (χ0n) is 21.1. The van der Waals surface area contributed by atoms with E-state index >= 15 is 0 Å². The number of carbonyl (C=O) groups is 2.